The number of hydrogen-bond donors (Lipinski definition) is 1. The van der Waals surface area contributed by atoms with Gasteiger partial charge in [0.1, 0.15) is 11.6 Å². The van der Waals surface area contributed by atoms with Crippen LogP contribution in [0, 0.1) is 17.7 Å². The van der Waals surface area contributed by atoms with Crippen LogP contribution in [0.25, 0.3) is 0 Å². The highest BCUT2D eigenvalue weighted by molar-refractivity contribution is 7.92. The van der Waals surface area contributed by atoms with Gasteiger partial charge in [-0.2, -0.15) is 0 Å². The first-order valence-electron chi connectivity index (χ1n) is 10.7. The Morgan fingerprint density at radius 3 is 2.67 bits per heavy atom. The van der Waals surface area contributed by atoms with Crippen LogP contribution in [0.1, 0.15) is 25.7 Å². The molecular weight excluding hydrogens is 469 g/mol. The Balaban J connectivity index is 1.56. The van der Waals surface area contributed by atoms with Crippen molar-refractivity contribution in [3.05, 3.63) is 53.6 Å². The monoisotopic (exact) mass is 493 g/mol. The third-order valence-electron chi connectivity index (χ3n) is 6.28. The van der Waals surface area contributed by atoms with Gasteiger partial charge in [-0.15, -0.1) is 0 Å². The average Bonchev–Trinajstić information content (AvgIpc) is 3.37. The van der Waals surface area contributed by atoms with E-state index in [0.717, 1.165) is 25.0 Å². The number of pyridine rings is 1. The van der Waals surface area contributed by atoms with Crippen molar-refractivity contribution < 1.29 is 22.3 Å². The van der Waals surface area contributed by atoms with E-state index in [1.807, 2.05) is 0 Å². The van der Waals surface area contributed by atoms with Gasteiger partial charge in [0.2, 0.25) is 5.91 Å². The van der Waals surface area contributed by atoms with Crippen molar-refractivity contribution in [1.29, 1.82) is 0 Å². The van der Waals surface area contributed by atoms with Crippen LogP contribution in [0.15, 0.2) is 52.6 Å². The van der Waals surface area contributed by atoms with E-state index in [0.29, 0.717) is 5.75 Å². The van der Waals surface area contributed by atoms with Crippen LogP contribution >= 0.6 is 11.6 Å². The number of nitrogens with zero attached hydrogens (tertiary/aromatic N) is 2. The van der Waals surface area contributed by atoms with Crippen LogP contribution in [-0.4, -0.2) is 50.0 Å². The largest absolute Gasteiger partial charge is 0.493 e. The summed E-state index contributed by atoms with van der Waals surface area (Å²) in [5, 5.41) is 2.05. The first kappa shape index (κ1) is 23.6. The zero-order chi connectivity index (χ0) is 23.6. The Bertz CT molecular complexity index is 1160. The second-order valence-corrected chi connectivity index (χ2v) is 11.2. The Morgan fingerprint density at radius 1 is 1.30 bits per heavy atom. The summed E-state index contributed by atoms with van der Waals surface area (Å²) in [5.74, 6) is -1.12. The van der Waals surface area contributed by atoms with E-state index >= 15 is 0 Å². The van der Waals surface area contributed by atoms with Crippen molar-refractivity contribution in [3.63, 3.8) is 0 Å². The molecule has 7 nitrogen and oxygen atoms in total. The zero-order valence-electron chi connectivity index (χ0n) is 18.1. The summed E-state index contributed by atoms with van der Waals surface area (Å²) in [6.45, 7) is 0.181. The summed E-state index contributed by atoms with van der Waals surface area (Å²) in [6.07, 6.45) is 6.88. The summed E-state index contributed by atoms with van der Waals surface area (Å²) in [7, 11) is -2.22. The molecule has 2 aromatic rings. The minimum absolute atomic E-state index is 0.123. The van der Waals surface area contributed by atoms with Crippen molar-refractivity contribution in [2.75, 3.05) is 13.7 Å². The van der Waals surface area contributed by atoms with Crippen LogP contribution in [0.3, 0.4) is 0 Å². The molecule has 0 saturated heterocycles. The van der Waals surface area contributed by atoms with Crippen LogP contribution in [0.4, 0.5) is 4.39 Å². The minimum Gasteiger partial charge on any atom is -0.493 e. The van der Waals surface area contributed by atoms with E-state index in [9.17, 15) is 17.6 Å². The van der Waals surface area contributed by atoms with Gasteiger partial charge in [0, 0.05) is 37.5 Å². The fraction of sp³-hybridized carbons (Fsp3) is 0.435. The molecule has 1 aromatic carbocycles. The highest BCUT2D eigenvalue weighted by Crippen LogP contribution is 2.42. The van der Waals surface area contributed by atoms with Gasteiger partial charge < -0.3 is 10.1 Å². The van der Waals surface area contributed by atoms with E-state index < -0.39 is 32.4 Å². The van der Waals surface area contributed by atoms with Crippen molar-refractivity contribution in [3.8, 4) is 5.75 Å². The lowest BCUT2D eigenvalue weighted by Crippen LogP contribution is -2.43. The van der Waals surface area contributed by atoms with Gasteiger partial charge in [-0.05, 0) is 56.0 Å². The number of sulfone groups is 1. The summed E-state index contributed by atoms with van der Waals surface area (Å²) in [4.78, 5) is 21.1. The molecule has 2 aliphatic rings. The summed E-state index contributed by atoms with van der Waals surface area (Å²) in [5.41, 5.74) is -0.445. The van der Waals surface area contributed by atoms with E-state index in [1.54, 1.807) is 37.8 Å². The molecule has 0 unspecified atom stereocenters. The van der Waals surface area contributed by atoms with Gasteiger partial charge in [0.15, 0.2) is 9.84 Å². The Labute approximate surface area is 197 Å². The molecule has 1 N–H and O–H groups in total. The molecule has 10 heteroatoms. The number of benzene rings is 1. The van der Waals surface area contributed by atoms with E-state index in [1.165, 1.54) is 6.07 Å². The minimum atomic E-state index is -3.88. The third-order valence-corrected chi connectivity index (χ3v) is 8.93. The number of rotatable bonds is 8. The van der Waals surface area contributed by atoms with Gasteiger partial charge >= 0.3 is 0 Å². The van der Waals surface area contributed by atoms with Crippen molar-refractivity contribution in [1.82, 2.24) is 10.3 Å². The van der Waals surface area contributed by atoms with Crippen LogP contribution in [0.2, 0.25) is 5.02 Å². The molecule has 33 heavy (non-hydrogen) atoms. The second-order valence-electron chi connectivity index (χ2n) is 8.61. The standard InChI is InChI=1S/C23H25ClFN3O4S/c1-26-14-23(6-7-23)28-22(29)19-12-18(10-15(19)13-32-17-4-8-27-9-5-17)33(30,31)21-3-2-16(25)11-20(21)24/h2-5,8-9,11,14-15,18-19H,6-7,10,12-13H2,1H3,(H,28,29)/t15-,18-,19+/m0/s1. The van der Waals surface area contributed by atoms with Crippen molar-refractivity contribution in [2.24, 2.45) is 16.8 Å². The second kappa shape index (κ2) is 9.38. The van der Waals surface area contributed by atoms with Crippen molar-refractivity contribution in [2.45, 2.75) is 41.4 Å². The first-order chi connectivity index (χ1) is 15.7. The number of amides is 1. The molecule has 1 amide bonds. The Hall–Kier alpha value is -2.52. The predicted octanol–water partition coefficient (Wildman–Crippen LogP) is 3.47. The molecule has 1 aromatic heterocycles. The maximum absolute atomic E-state index is 13.5. The van der Waals surface area contributed by atoms with Gasteiger partial charge in [0.25, 0.3) is 0 Å². The molecule has 0 radical (unpaired) electrons. The number of ether oxygens (including phenoxy) is 1. The molecule has 0 spiro atoms. The lowest BCUT2D eigenvalue weighted by atomic mass is 9.95. The summed E-state index contributed by atoms with van der Waals surface area (Å²) in [6, 6.07) is 6.64. The maximum atomic E-state index is 13.5. The Kier molecular flexibility index (Phi) is 6.72. The fourth-order valence-electron chi connectivity index (χ4n) is 4.36. The predicted molar refractivity (Wildman–Crippen MR) is 123 cm³/mol. The van der Waals surface area contributed by atoms with E-state index in [-0.39, 0.29) is 41.2 Å². The van der Waals surface area contributed by atoms with Gasteiger partial charge in [0.05, 0.1) is 27.3 Å². The number of nitrogens with one attached hydrogen (secondary N) is 1. The normalized spacial score (nSPS) is 24.0. The van der Waals surface area contributed by atoms with Crippen LogP contribution < -0.4 is 10.1 Å². The van der Waals surface area contributed by atoms with Crippen LogP contribution in [-0.2, 0) is 14.6 Å². The highest BCUT2D eigenvalue weighted by atomic mass is 35.5. The quantitative estimate of drug-likeness (QED) is 0.448. The first-order valence-corrected chi connectivity index (χ1v) is 12.6. The average molecular weight is 494 g/mol. The Morgan fingerprint density at radius 2 is 2.03 bits per heavy atom. The molecule has 176 valence electrons. The molecule has 0 aliphatic heterocycles. The molecule has 3 atom stereocenters. The molecule has 2 fully saturated rings. The number of carbonyl (C=O) groups excluding carboxylic acids is 1. The molecule has 2 aliphatic carbocycles. The number of carbonyl (C=O) groups is 1. The third kappa shape index (κ3) is 5.19. The van der Waals surface area contributed by atoms with Gasteiger partial charge in [-0.3, -0.25) is 14.8 Å². The highest BCUT2D eigenvalue weighted by Gasteiger charge is 2.49. The number of halogens is 2. The molecule has 4 rings (SSSR count). The smallest absolute Gasteiger partial charge is 0.224 e. The lowest BCUT2D eigenvalue weighted by Gasteiger charge is -2.22. The topological polar surface area (TPSA) is 97.7 Å². The van der Waals surface area contributed by atoms with E-state index in [2.05, 4.69) is 15.3 Å². The maximum Gasteiger partial charge on any atom is 0.224 e. The molecule has 2 saturated carbocycles. The molecular formula is C23H25ClFN3O4S. The summed E-state index contributed by atoms with van der Waals surface area (Å²) < 4.78 is 46.0. The summed E-state index contributed by atoms with van der Waals surface area (Å²) >= 11 is 6.06. The fourth-order valence-corrected chi connectivity index (χ4v) is 6.76. The molecule has 1 heterocycles. The number of aliphatic imine (C=N–C) groups is 1. The van der Waals surface area contributed by atoms with Crippen molar-refractivity contribution >= 4 is 33.6 Å². The number of aromatic nitrogens is 1. The molecule has 0 bridgehead atoms. The number of hydrogen-bond acceptors (Lipinski definition) is 6. The van der Waals surface area contributed by atoms with E-state index in [4.69, 9.17) is 16.3 Å². The SMILES string of the molecule is CN=CC1(NC(=O)[C@@H]2C[C@@H](S(=O)(=O)c3ccc(F)cc3Cl)C[C@H]2COc2ccncc2)CC1. The van der Waals surface area contributed by atoms with Crippen LogP contribution in [0.5, 0.6) is 5.75 Å². The zero-order valence-corrected chi connectivity index (χ0v) is 19.7. The van der Waals surface area contributed by atoms with Gasteiger partial charge in [-0.25, -0.2) is 12.8 Å². The van der Waals surface area contributed by atoms with Gasteiger partial charge in [-0.1, -0.05) is 11.6 Å². The lowest BCUT2D eigenvalue weighted by molar-refractivity contribution is -0.126.